The summed E-state index contributed by atoms with van der Waals surface area (Å²) in [7, 11) is 0. The first-order valence-electron chi connectivity index (χ1n) is 8.27. The van der Waals surface area contributed by atoms with Crippen molar-refractivity contribution in [3.8, 4) is 0 Å². The topological polar surface area (TPSA) is 80.5 Å². The molecule has 0 aromatic carbocycles. The molecule has 1 aliphatic rings. The highest BCUT2D eigenvalue weighted by atomic mass is 16.6. The molecule has 1 aromatic rings. The second-order valence-corrected chi connectivity index (χ2v) is 6.93. The van der Waals surface area contributed by atoms with E-state index in [2.05, 4.69) is 21.3 Å². The normalized spacial score (nSPS) is 16.3. The van der Waals surface area contributed by atoms with Gasteiger partial charge < -0.3 is 20.7 Å². The van der Waals surface area contributed by atoms with Crippen LogP contribution in [0.4, 0.5) is 10.6 Å². The number of ether oxygens (including phenoxy) is 1. The van der Waals surface area contributed by atoms with Gasteiger partial charge in [0.15, 0.2) is 0 Å². The predicted molar refractivity (Wildman–Crippen MR) is 91.7 cm³/mol. The number of carbonyl (C=O) groups excluding carboxylic acids is 1. The number of hydrogen-bond donors (Lipinski definition) is 2. The van der Waals surface area contributed by atoms with Gasteiger partial charge in [0.2, 0.25) is 0 Å². The van der Waals surface area contributed by atoms with E-state index in [4.69, 9.17) is 10.5 Å². The Morgan fingerprint density at radius 1 is 1.43 bits per heavy atom. The number of nitrogens with zero attached hydrogens (tertiary/aromatic N) is 2. The van der Waals surface area contributed by atoms with E-state index < -0.39 is 11.7 Å². The Kier molecular flexibility index (Phi) is 5.82. The zero-order valence-corrected chi connectivity index (χ0v) is 14.3. The van der Waals surface area contributed by atoms with Crippen LogP contribution in [-0.2, 0) is 4.74 Å². The van der Waals surface area contributed by atoms with Gasteiger partial charge in [-0.3, -0.25) is 0 Å². The maximum atomic E-state index is 11.9. The lowest BCUT2D eigenvalue weighted by atomic mass is 9.99. The number of hydrogen-bond acceptors (Lipinski definition) is 5. The summed E-state index contributed by atoms with van der Waals surface area (Å²) in [4.78, 5) is 18.7. The lowest BCUT2D eigenvalue weighted by Crippen LogP contribution is -2.36. The first-order valence-corrected chi connectivity index (χ1v) is 8.27. The molecule has 0 aliphatic carbocycles. The smallest absolute Gasteiger partial charge is 0.407 e. The van der Waals surface area contributed by atoms with Crippen molar-refractivity contribution in [2.45, 2.75) is 45.1 Å². The minimum atomic E-state index is -0.503. The van der Waals surface area contributed by atoms with Crippen molar-refractivity contribution in [3.05, 3.63) is 23.9 Å². The molecule has 1 aliphatic heterocycles. The maximum absolute atomic E-state index is 11.9. The molecule has 0 spiro atoms. The van der Waals surface area contributed by atoms with E-state index in [0.717, 1.165) is 24.5 Å². The fraction of sp³-hybridized carbons (Fsp3) is 0.647. The quantitative estimate of drug-likeness (QED) is 0.870. The molecule has 3 N–H and O–H groups in total. The fourth-order valence-electron chi connectivity index (χ4n) is 2.76. The Labute approximate surface area is 138 Å². The third kappa shape index (κ3) is 5.10. The monoisotopic (exact) mass is 320 g/mol. The van der Waals surface area contributed by atoms with Gasteiger partial charge in [-0.05, 0) is 39.7 Å². The van der Waals surface area contributed by atoms with E-state index in [0.29, 0.717) is 13.1 Å². The van der Waals surface area contributed by atoms with Crippen LogP contribution in [0.3, 0.4) is 0 Å². The standard InChI is InChI=1S/C17H28N4O2/c1-17(2,3)23-16(22)20-12-13(11-18)14-7-6-8-19-15(14)21-9-4-5-10-21/h6-8,13H,4-5,9-12,18H2,1-3H3,(H,20,22). The average Bonchev–Trinajstić information content (AvgIpc) is 3.00. The molecule has 2 heterocycles. The van der Waals surface area contributed by atoms with Crippen LogP contribution < -0.4 is 16.0 Å². The number of nitrogens with one attached hydrogen (secondary N) is 1. The van der Waals surface area contributed by atoms with Crippen molar-refractivity contribution < 1.29 is 9.53 Å². The molecule has 0 saturated carbocycles. The fourth-order valence-corrected chi connectivity index (χ4v) is 2.76. The Morgan fingerprint density at radius 3 is 2.74 bits per heavy atom. The van der Waals surface area contributed by atoms with Crippen LogP contribution in [-0.4, -0.2) is 42.9 Å². The van der Waals surface area contributed by atoms with Gasteiger partial charge in [-0.25, -0.2) is 9.78 Å². The molecule has 1 aromatic heterocycles. The first-order chi connectivity index (χ1) is 10.9. The molecule has 1 unspecified atom stereocenters. The molecule has 6 nitrogen and oxygen atoms in total. The molecule has 128 valence electrons. The van der Waals surface area contributed by atoms with Crippen molar-refractivity contribution in [2.24, 2.45) is 5.73 Å². The lowest BCUT2D eigenvalue weighted by Gasteiger charge is -2.25. The van der Waals surface area contributed by atoms with Crippen molar-refractivity contribution in [1.29, 1.82) is 0 Å². The summed E-state index contributed by atoms with van der Waals surface area (Å²) < 4.78 is 5.28. The summed E-state index contributed by atoms with van der Waals surface area (Å²) in [6, 6.07) is 3.97. The van der Waals surface area contributed by atoms with Crippen molar-refractivity contribution in [1.82, 2.24) is 10.3 Å². The SMILES string of the molecule is CC(C)(C)OC(=O)NCC(CN)c1cccnc1N1CCCC1. The maximum Gasteiger partial charge on any atom is 0.407 e. The second-order valence-electron chi connectivity index (χ2n) is 6.93. The molecule has 1 atom stereocenters. The van der Waals surface area contributed by atoms with Crippen LogP contribution in [0.15, 0.2) is 18.3 Å². The van der Waals surface area contributed by atoms with Crippen LogP contribution >= 0.6 is 0 Å². The van der Waals surface area contributed by atoms with Gasteiger partial charge in [-0.2, -0.15) is 0 Å². The predicted octanol–water partition coefficient (Wildman–Crippen LogP) is 2.25. The zero-order chi connectivity index (χ0) is 16.9. The molecular weight excluding hydrogens is 292 g/mol. The molecule has 1 saturated heterocycles. The number of amides is 1. The lowest BCUT2D eigenvalue weighted by molar-refractivity contribution is 0.0525. The zero-order valence-electron chi connectivity index (χ0n) is 14.3. The Hall–Kier alpha value is -1.82. The van der Waals surface area contributed by atoms with Gasteiger partial charge in [0.25, 0.3) is 0 Å². The molecule has 2 rings (SSSR count). The average molecular weight is 320 g/mol. The third-order valence-corrected chi connectivity index (χ3v) is 3.84. The largest absolute Gasteiger partial charge is 0.444 e. The number of aromatic nitrogens is 1. The number of pyridine rings is 1. The Morgan fingerprint density at radius 2 is 2.13 bits per heavy atom. The van der Waals surface area contributed by atoms with Crippen molar-refractivity contribution >= 4 is 11.9 Å². The molecule has 23 heavy (non-hydrogen) atoms. The third-order valence-electron chi connectivity index (χ3n) is 3.84. The minimum Gasteiger partial charge on any atom is -0.444 e. The van der Waals surface area contributed by atoms with Crippen LogP contribution in [0.25, 0.3) is 0 Å². The summed E-state index contributed by atoms with van der Waals surface area (Å²) >= 11 is 0. The Balaban J connectivity index is 2.04. The van der Waals surface area contributed by atoms with E-state index in [-0.39, 0.29) is 5.92 Å². The number of carbonyl (C=O) groups is 1. The number of alkyl carbamates (subject to hydrolysis) is 1. The van der Waals surface area contributed by atoms with Gasteiger partial charge in [0.1, 0.15) is 11.4 Å². The number of anilines is 1. The van der Waals surface area contributed by atoms with Crippen molar-refractivity contribution in [2.75, 3.05) is 31.1 Å². The highest BCUT2D eigenvalue weighted by molar-refractivity contribution is 5.67. The van der Waals surface area contributed by atoms with Gasteiger partial charge in [0, 0.05) is 43.9 Å². The van der Waals surface area contributed by atoms with Gasteiger partial charge >= 0.3 is 6.09 Å². The van der Waals surface area contributed by atoms with E-state index >= 15 is 0 Å². The second kappa shape index (κ2) is 7.64. The number of nitrogens with two attached hydrogens (primary N) is 1. The molecule has 1 amide bonds. The summed E-state index contributed by atoms with van der Waals surface area (Å²) in [5.41, 5.74) is 6.54. The summed E-state index contributed by atoms with van der Waals surface area (Å²) in [5, 5.41) is 2.82. The molecule has 1 fully saturated rings. The number of rotatable bonds is 5. The molecule has 0 bridgehead atoms. The Bertz CT molecular complexity index is 522. The van der Waals surface area contributed by atoms with E-state index in [1.165, 1.54) is 12.8 Å². The molecule has 6 heteroatoms. The van der Waals surface area contributed by atoms with Crippen LogP contribution in [0, 0.1) is 0 Å². The van der Waals surface area contributed by atoms with Crippen molar-refractivity contribution in [3.63, 3.8) is 0 Å². The van der Waals surface area contributed by atoms with Gasteiger partial charge in [-0.1, -0.05) is 6.07 Å². The van der Waals surface area contributed by atoms with Gasteiger partial charge in [0.05, 0.1) is 0 Å². The minimum absolute atomic E-state index is 0.0202. The van der Waals surface area contributed by atoms with Crippen LogP contribution in [0.1, 0.15) is 45.1 Å². The summed E-state index contributed by atoms with van der Waals surface area (Å²) in [6.45, 7) is 8.49. The highest BCUT2D eigenvalue weighted by Gasteiger charge is 2.23. The summed E-state index contributed by atoms with van der Waals surface area (Å²) in [5.74, 6) is 1.01. The van der Waals surface area contributed by atoms with E-state index in [1.807, 2.05) is 33.0 Å². The van der Waals surface area contributed by atoms with E-state index in [9.17, 15) is 4.79 Å². The highest BCUT2D eigenvalue weighted by Crippen LogP contribution is 2.27. The summed E-state index contributed by atoms with van der Waals surface area (Å²) in [6.07, 6.45) is 3.79. The molecule has 0 radical (unpaired) electrons. The first kappa shape index (κ1) is 17.5. The van der Waals surface area contributed by atoms with E-state index in [1.54, 1.807) is 0 Å². The van der Waals surface area contributed by atoms with Gasteiger partial charge in [-0.15, -0.1) is 0 Å². The van der Waals surface area contributed by atoms with Crippen LogP contribution in [0.5, 0.6) is 0 Å². The van der Waals surface area contributed by atoms with Crippen LogP contribution in [0.2, 0.25) is 0 Å². The molecular formula is C17H28N4O2.